The fourth-order valence-electron chi connectivity index (χ4n) is 1.32. The zero-order chi connectivity index (χ0) is 11.4. The minimum Gasteiger partial charge on any atom is -0.394 e. The summed E-state index contributed by atoms with van der Waals surface area (Å²) in [5.41, 5.74) is 0. The molecule has 5 atom stereocenters. The second-order valence-electron chi connectivity index (χ2n) is 3.17. The van der Waals surface area contributed by atoms with Crippen molar-refractivity contribution in [3.05, 3.63) is 0 Å². The van der Waals surface area contributed by atoms with Crippen LogP contribution in [0.3, 0.4) is 0 Å². The first-order valence-electron chi connectivity index (χ1n) is 4.41. The molecule has 1 rings (SSSR count). The Morgan fingerprint density at radius 3 is 2.40 bits per heavy atom. The number of ether oxygens (including phenoxy) is 2. The van der Waals surface area contributed by atoms with Crippen LogP contribution in [0.25, 0.3) is 0 Å². The maximum Gasteiger partial charge on any atom is 0.187 e. The van der Waals surface area contributed by atoms with E-state index >= 15 is 0 Å². The number of hydrogen-bond acceptors (Lipinski definition) is 7. The lowest BCUT2D eigenvalue weighted by Gasteiger charge is -2.39. The van der Waals surface area contributed by atoms with Crippen LogP contribution in [0.5, 0.6) is 0 Å². The number of aliphatic hydroxyl groups excluding tert-OH is 4. The molecular weight excluding hydrogens is 206 g/mol. The summed E-state index contributed by atoms with van der Waals surface area (Å²) in [6.45, 7) is -0.833. The van der Waals surface area contributed by atoms with Crippen LogP contribution in [0.15, 0.2) is 0 Å². The van der Waals surface area contributed by atoms with Crippen LogP contribution in [0.1, 0.15) is 0 Å². The summed E-state index contributed by atoms with van der Waals surface area (Å²) in [6, 6.07) is 1.67. The molecule has 0 radical (unpaired) electrons. The first-order valence-corrected chi connectivity index (χ1v) is 4.41. The monoisotopic (exact) mass is 219 g/mol. The largest absolute Gasteiger partial charge is 0.394 e. The van der Waals surface area contributed by atoms with Crippen molar-refractivity contribution < 1.29 is 29.9 Å². The fourth-order valence-corrected chi connectivity index (χ4v) is 1.32. The quantitative estimate of drug-likeness (QED) is 0.408. The van der Waals surface area contributed by atoms with E-state index in [9.17, 15) is 15.3 Å². The van der Waals surface area contributed by atoms with Gasteiger partial charge in [0.25, 0.3) is 0 Å². The molecule has 1 aliphatic heterocycles. The Balaban J connectivity index is 2.62. The van der Waals surface area contributed by atoms with Gasteiger partial charge in [-0.05, 0) is 0 Å². The normalized spacial score (nSPS) is 41.1. The highest BCUT2D eigenvalue weighted by Crippen LogP contribution is 2.21. The maximum atomic E-state index is 9.40. The lowest BCUT2D eigenvalue weighted by atomic mass is 9.99. The van der Waals surface area contributed by atoms with Crippen molar-refractivity contribution in [2.24, 2.45) is 0 Å². The number of nitriles is 1. The van der Waals surface area contributed by atoms with Gasteiger partial charge in [0, 0.05) is 0 Å². The van der Waals surface area contributed by atoms with Gasteiger partial charge in [-0.25, -0.2) is 0 Å². The highest BCUT2D eigenvalue weighted by atomic mass is 16.7. The van der Waals surface area contributed by atoms with Crippen LogP contribution in [0.4, 0.5) is 0 Å². The van der Waals surface area contributed by atoms with Crippen molar-refractivity contribution in [1.29, 1.82) is 5.26 Å². The van der Waals surface area contributed by atoms with Crippen LogP contribution in [-0.4, -0.2) is 64.3 Å². The van der Waals surface area contributed by atoms with E-state index in [4.69, 9.17) is 19.8 Å². The summed E-state index contributed by atoms with van der Waals surface area (Å²) in [5.74, 6) is 0. The van der Waals surface area contributed by atoms with Gasteiger partial charge in [0.05, 0.1) is 12.7 Å². The molecule has 0 saturated carbocycles. The van der Waals surface area contributed by atoms with Crippen LogP contribution < -0.4 is 0 Å². The Morgan fingerprint density at radius 1 is 1.20 bits per heavy atom. The molecule has 7 heteroatoms. The molecule has 1 aliphatic rings. The Hall–Kier alpha value is -0.750. The number of rotatable bonds is 3. The lowest BCUT2D eigenvalue weighted by molar-refractivity contribution is -0.298. The van der Waals surface area contributed by atoms with E-state index in [1.807, 2.05) is 0 Å². The summed E-state index contributed by atoms with van der Waals surface area (Å²) in [7, 11) is 0. The number of nitrogens with zero attached hydrogens (tertiary/aromatic N) is 1. The van der Waals surface area contributed by atoms with Gasteiger partial charge in [-0.1, -0.05) is 0 Å². The minimum atomic E-state index is -1.47. The Kier molecular flexibility index (Phi) is 4.41. The van der Waals surface area contributed by atoms with Crippen molar-refractivity contribution in [3.63, 3.8) is 0 Å². The first-order chi connectivity index (χ1) is 7.11. The van der Waals surface area contributed by atoms with E-state index in [-0.39, 0.29) is 6.61 Å². The van der Waals surface area contributed by atoms with E-state index in [0.717, 1.165) is 0 Å². The van der Waals surface area contributed by atoms with Crippen molar-refractivity contribution in [3.8, 4) is 6.07 Å². The van der Waals surface area contributed by atoms with E-state index in [1.54, 1.807) is 6.07 Å². The molecule has 1 heterocycles. The summed E-state index contributed by atoms with van der Waals surface area (Å²) < 4.78 is 9.73. The average molecular weight is 219 g/mol. The molecule has 0 aromatic heterocycles. The zero-order valence-corrected chi connectivity index (χ0v) is 7.85. The van der Waals surface area contributed by atoms with Crippen molar-refractivity contribution in [2.45, 2.75) is 30.7 Å². The summed E-state index contributed by atoms with van der Waals surface area (Å²) in [5, 5.41) is 45.2. The van der Waals surface area contributed by atoms with E-state index in [2.05, 4.69) is 0 Å². The molecule has 0 spiro atoms. The highest BCUT2D eigenvalue weighted by Gasteiger charge is 2.43. The third-order valence-electron chi connectivity index (χ3n) is 2.16. The predicted molar refractivity (Wildman–Crippen MR) is 45.3 cm³/mol. The average Bonchev–Trinajstić information content (AvgIpc) is 2.25. The van der Waals surface area contributed by atoms with Gasteiger partial charge >= 0.3 is 0 Å². The van der Waals surface area contributed by atoms with E-state index < -0.39 is 37.3 Å². The summed E-state index contributed by atoms with van der Waals surface area (Å²) in [4.78, 5) is 0. The van der Waals surface area contributed by atoms with Crippen LogP contribution in [0.2, 0.25) is 0 Å². The molecule has 1 fully saturated rings. The van der Waals surface area contributed by atoms with Gasteiger partial charge < -0.3 is 29.9 Å². The molecule has 86 valence electrons. The fraction of sp³-hybridized carbons (Fsp3) is 0.875. The standard InChI is InChI=1S/C8H13NO6/c9-1-2-14-8-7(13)6(12)5(11)4(3-10)15-8/h4-8,10-13H,2-3H2/t4-,5+,6+,7+,8+/m0/s1. The first kappa shape index (κ1) is 12.3. The highest BCUT2D eigenvalue weighted by molar-refractivity contribution is 4.89. The van der Waals surface area contributed by atoms with E-state index in [1.165, 1.54) is 0 Å². The molecule has 0 bridgehead atoms. The Morgan fingerprint density at radius 2 is 1.87 bits per heavy atom. The van der Waals surface area contributed by atoms with Gasteiger partial charge in [-0.15, -0.1) is 0 Å². The lowest BCUT2D eigenvalue weighted by Crippen LogP contribution is -2.59. The molecule has 4 N–H and O–H groups in total. The van der Waals surface area contributed by atoms with E-state index in [0.29, 0.717) is 0 Å². The second kappa shape index (κ2) is 5.37. The number of hydrogen-bond donors (Lipinski definition) is 4. The third kappa shape index (κ3) is 2.63. The van der Waals surface area contributed by atoms with Gasteiger partial charge in [-0.2, -0.15) is 5.26 Å². The summed E-state index contributed by atoms with van der Waals surface area (Å²) >= 11 is 0. The molecule has 15 heavy (non-hydrogen) atoms. The van der Waals surface area contributed by atoms with Gasteiger partial charge in [0.15, 0.2) is 6.29 Å². The predicted octanol–water partition coefficient (Wildman–Crippen LogP) is -2.67. The molecule has 0 aliphatic carbocycles. The number of aliphatic hydroxyl groups is 4. The van der Waals surface area contributed by atoms with Gasteiger partial charge in [0.2, 0.25) is 0 Å². The molecule has 7 nitrogen and oxygen atoms in total. The Labute approximate surface area is 86.1 Å². The van der Waals surface area contributed by atoms with Gasteiger partial charge in [0.1, 0.15) is 31.0 Å². The summed E-state index contributed by atoms with van der Waals surface area (Å²) in [6.07, 6.45) is -6.56. The smallest absolute Gasteiger partial charge is 0.187 e. The molecular formula is C8H13NO6. The molecule has 0 aromatic rings. The molecule has 0 amide bonds. The Bertz CT molecular complexity index is 240. The van der Waals surface area contributed by atoms with Crippen LogP contribution in [0, 0.1) is 11.3 Å². The maximum absolute atomic E-state index is 9.40. The topological polar surface area (TPSA) is 123 Å². The zero-order valence-electron chi connectivity index (χ0n) is 7.85. The van der Waals surface area contributed by atoms with Crippen molar-refractivity contribution in [2.75, 3.05) is 13.2 Å². The minimum absolute atomic E-state index is 0.317. The van der Waals surface area contributed by atoms with Crippen molar-refractivity contribution in [1.82, 2.24) is 0 Å². The molecule has 0 unspecified atom stereocenters. The van der Waals surface area contributed by atoms with Crippen molar-refractivity contribution >= 4 is 0 Å². The van der Waals surface area contributed by atoms with Crippen LogP contribution >= 0.6 is 0 Å². The third-order valence-corrected chi connectivity index (χ3v) is 2.16. The molecule has 1 saturated heterocycles. The SMILES string of the molecule is N#CCO[C@@H]1O[C@@H](CO)[C@@H](O)[C@@H](O)[C@H]1O. The molecule has 0 aromatic carbocycles. The van der Waals surface area contributed by atoms with Crippen LogP contribution in [-0.2, 0) is 9.47 Å². The van der Waals surface area contributed by atoms with Gasteiger partial charge in [-0.3, -0.25) is 0 Å². The second-order valence-corrected chi connectivity index (χ2v) is 3.17.